The van der Waals surface area contributed by atoms with Crippen LogP contribution in [0.25, 0.3) is 0 Å². The molecule has 1 saturated carbocycles. The van der Waals surface area contributed by atoms with Crippen molar-refractivity contribution in [3.8, 4) is 0 Å². The minimum absolute atomic E-state index is 0.402. The minimum Gasteiger partial charge on any atom is -0.311 e. The van der Waals surface area contributed by atoms with E-state index in [2.05, 4.69) is 32.0 Å². The van der Waals surface area contributed by atoms with Gasteiger partial charge in [0.25, 0.3) is 0 Å². The fourth-order valence-electron chi connectivity index (χ4n) is 4.26. The van der Waals surface area contributed by atoms with Crippen molar-refractivity contribution in [2.24, 2.45) is 0 Å². The van der Waals surface area contributed by atoms with Crippen molar-refractivity contribution in [1.29, 1.82) is 0 Å². The molecule has 3 heterocycles. The summed E-state index contributed by atoms with van der Waals surface area (Å²) in [5.41, 5.74) is 0.402. The van der Waals surface area contributed by atoms with Crippen LogP contribution >= 0.6 is 0 Å². The molecule has 0 spiro atoms. The average Bonchev–Trinajstić information content (AvgIpc) is 3.36. The molecule has 0 bridgehead atoms. The molecule has 1 N–H and O–H groups in total. The van der Waals surface area contributed by atoms with Crippen LogP contribution < -0.4 is 5.32 Å². The first-order valence-corrected chi connectivity index (χ1v) is 9.27. The van der Waals surface area contributed by atoms with Gasteiger partial charge in [-0.2, -0.15) is 0 Å². The lowest BCUT2D eigenvalue weighted by Gasteiger charge is -2.57. The quantitative estimate of drug-likeness (QED) is 0.865. The lowest BCUT2D eigenvalue weighted by molar-refractivity contribution is -0.0734. The molecule has 1 aromatic rings. The fourth-order valence-corrected chi connectivity index (χ4v) is 4.26. The SMILES string of the molecule is CCC1(N2CCC(NC3CC3)CC2)CN(Cc2ncccn2)C1. The first-order valence-electron chi connectivity index (χ1n) is 9.27. The highest BCUT2D eigenvalue weighted by molar-refractivity contribution is 5.06. The van der Waals surface area contributed by atoms with Gasteiger partial charge in [0.05, 0.1) is 6.54 Å². The Bertz CT molecular complexity index is 501. The summed E-state index contributed by atoms with van der Waals surface area (Å²) in [6.45, 7) is 8.10. The molecular weight excluding hydrogens is 286 g/mol. The molecule has 5 heteroatoms. The highest BCUT2D eigenvalue weighted by Gasteiger charge is 2.46. The van der Waals surface area contributed by atoms with E-state index in [1.165, 1.54) is 58.3 Å². The fraction of sp³-hybridized carbons (Fsp3) is 0.778. The summed E-state index contributed by atoms with van der Waals surface area (Å²) in [6, 6.07) is 3.49. The molecule has 2 saturated heterocycles. The third-order valence-electron chi connectivity index (χ3n) is 5.89. The van der Waals surface area contributed by atoms with Crippen LogP contribution in [0.2, 0.25) is 0 Å². The molecule has 0 amide bonds. The Labute approximate surface area is 139 Å². The van der Waals surface area contributed by atoms with Gasteiger partial charge in [0, 0.05) is 56.2 Å². The number of piperidine rings is 1. The maximum Gasteiger partial charge on any atom is 0.142 e. The Balaban J connectivity index is 1.28. The van der Waals surface area contributed by atoms with Crippen molar-refractivity contribution >= 4 is 0 Å². The Morgan fingerprint density at radius 2 is 1.74 bits per heavy atom. The van der Waals surface area contributed by atoms with E-state index in [9.17, 15) is 0 Å². The summed E-state index contributed by atoms with van der Waals surface area (Å²) in [5.74, 6) is 0.949. The van der Waals surface area contributed by atoms with E-state index < -0.39 is 0 Å². The molecular formula is C18H29N5. The summed E-state index contributed by atoms with van der Waals surface area (Å²) in [7, 11) is 0. The highest BCUT2D eigenvalue weighted by Crippen LogP contribution is 2.34. The molecule has 1 aliphatic carbocycles. The summed E-state index contributed by atoms with van der Waals surface area (Å²) in [4.78, 5) is 14.0. The summed E-state index contributed by atoms with van der Waals surface area (Å²) in [5, 5.41) is 3.81. The predicted octanol–water partition coefficient (Wildman–Crippen LogP) is 1.66. The van der Waals surface area contributed by atoms with E-state index in [0.29, 0.717) is 5.54 Å². The Kier molecular flexibility index (Phi) is 4.35. The second-order valence-electron chi connectivity index (χ2n) is 7.59. The van der Waals surface area contributed by atoms with Crippen LogP contribution in [-0.4, -0.2) is 63.6 Å². The second-order valence-corrected chi connectivity index (χ2v) is 7.59. The lowest BCUT2D eigenvalue weighted by atomic mass is 9.83. The lowest BCUT2D eigenvalue weighted by Crippen LogP contribution is -2.70. The zero-order valence-electron chi connectivity index (χ0n) is 14.2. The maximum atomic E-state index is 4.36. The molecule has 126 valence electrons. The minimum atomic E-state index is 0.402. The normalized spacial score (nSPS) is 26.1. The molecule has 0 aromatic carbocycles. The topological polar surface area (TPSA) is 44.3 Å². The van der Waals surface area contributed by atoms with E-state index in [-0.39, 0.29) is 0 Å². The Morgan fingerprint density at radius 3 is 2.35 bits per heavy atom. The van der Waals surface area contributed by atoms with Crippen LogP contribution in [0.3, 0.4) is 0 Å². The number of hydrogen-bond donors (Lipinski definition) is 1. The molecule has 23 heavy (non-hydrogen) atoms. The van der Waals surface area contributed by atoms with Crippen LogP contribution in [0.4, 0.5) is 0 Å². The van der Waals surface area contributed by atoms with Gasteiger partial charge in [-0.3, -0.25) is 9.80 Å². The number of hydrogen-bond acceptors (Lipinski definition) is 5. The van der Waals surface area contributed by atoms with Gasteiger partial charge < -0.3 is 5.32 Å². The molecule has 2 aliphatic heterocycles. The molecule has 5 nitrogen and oxygen atoms in total. The Morgan fingerprint density at radius 1 is 1.09 bits per heavy atom. The highest BCUT2D eigenvalue weighted by atomic mass is 15.4. The van der Waals surface area contributed by atoms with Crippen molar-refractivity contribution < 1.29 is 0 Å². The largest absolute Gasteiger partial charge is 0.311 e. The van der Waals surface area contributed by atoms with Gasteiger partial charge in [0.15, 0.2) is 0 Å². The number of nitrogens with zero attached hydrogens (tertiary/aromatic N) is 4. The molecule has 4 rings (SSSR count). The molecule has 3 aliphatic rings. The van der Waals surface area contributed by atoms with Crippen molar-refractivity contribution in [1.82, 2.24) is 25.1 Å². The summed E-state index contributed by atoms with van der Waals surface area (Å²) in [6.07, 6.45) is 10.4. The maximum absolute atomic E-state index is 4.36. The van der Waals surface area contributed by atoms with E-state index in [4.69, 9.17) is 0 Å². The molecule has 1 aromatic heterocycles. The van der Waals surface area contributed by atoms with Gasteiger partial charge in [-0.1, -0.05) is 6.92 Å². The zero-order valence-corrected chi connectivity index (χ0v) is 14.2. The Hall–Kier alpha value is -1.04. The van der Waals surface area contributed by atoms with Crippen LogP contribution in [0.1, 0.15) is 44.9 Å². The third-order valence-corrected chi connectivity index (χ3v) is 5.89. The van der Waals surface area contributed by atoms with E-state index in [1.807, 2.05) is 18.5 Å². The van der Waals surface area contributed by atoms with Crippen LogP contribution in [0, 0.1) is 0 Å². The molecule has 0 atom stereocenters. The van der Waals surface area contributed by atoms with Crippen LogP contribution in [-0.2, 0) is 6.54 Å². The standard InChI is InChI=1S/C18H29N5/c1-2-18(13-22(14-18)12-17-19-8-3-9-20-17)23-10-6-16(7-11-23)21-15-4-5-15/h3,8-9,15-16,21H,2,4-7,10-14H2,1H3. The van der Waals surface area contributed by atoms with Crippen molar-refractivity contribution in [3.05, 3.63) is 24.3 Å². The van der Waals surface area contributed by atoms with Gasteiger partial charge in [-0.25, -0.2) is 9.97 Å². The van der Waals surface area contributed by atoms with E-state index in [1.54, 1.807) is 0 Å². The van der Waals surface area contributed by atoms with E-state index >= 15 is 0 Å². The van der Waals surface area contributed by atoms with Crippen LogP contribution in [0.5, 0.6) is 0 Å². The second kappa shape index (κ2) is 6.46. The van der Waals surface area contributed by atoms with Crippen molar-refractivity contribution in [3.63, 3.8) is 0 Å². The zero-order chi connectivity index (χ0) is 15.7. The molecule has 0 radical (unpaired) electrons. The smallest absolute Gasteiger partial charge is 0.142 e. The average molecular weight is 315 g/mol. The summed E-state index contributed by atoms with van der Waals surface area (Å²) >= 11 is 0. The van der Waals surface area contributed by atoms with E-state index in [0.717, 1.165) is 24.5 Å². The number of likely N-dealkylation sites (tertiary alicyclic amines) is 2. The van der Waals surface area contributed by atoms with Crippen molar-refractivity contribution in [2.45, 2.75) is 63.2 Å². The first kappa shape index (κ1) is 15.5. The number of rotatable bonds is 6. The monoisotopic (exact) mass is 315 g/mol. The number of nitrogens with one attached hydrogen (secondary N) is 1. The molecule has 3 fully saturated rings. The van der Waals surface area contributed by atoms with Crippen molar-refractivity contribution in [2.75, 3.05) is 26.2 Å². The summed E-state index contributed by atoms with van der Waals surface area (Å²) < 4.78 is 0. The van der Waals surface area contributed by atoms with Gasteiger partial charge in [0.1, 0.15) is 5.82 Å². The predicted molar refractivity (Wildman–Crippen MR) is 91.1 cm³/mol. The van der Waals surface area contributed by atoms with Gasteiger partial charge >= 0.3 is 0 Å². The van der Waals surface area contributed by atoms with Gasteiger partial charge in [-0.15, -0.1) is 0 Å². The van der Waals surface area contributed by atoms with Crippen LogP contribution in [0.15, 0.2) is 18.5 Å². The van der Waals surface area contributed by atoms with Gasteiger partial charge in [-0.05, 0) is 38.2 Å². The molecule has 0 unspecified atom stereocenters. The number of aromatic nitrogens is 2. The first-order chi connectivity index (χ1) is 11.3. The third kappa shape index (κ3) is 3.42. The van der Waals surface area contributed by atoms with Gasteiger partial charge in [0.2, 0.25) is 0 Å².